The van der Waals surface area contributed by atoms with E-state index in [0.29, 0.717) is 30.0 Å². The zero-order chi connectivity index (χ0) is 23.9. The zero-order valence-electron chi connectivity index (χ0n) is 19.0. The first kappa shape index (κ1) is 23.0. The van der Waals surface area contributed by atoms with Gasteiger partial charge < -0.3 is 20.3 Å². The fraction of sp³-hybridized carbons (Fsp3) is 0.222. The maximum atomic E-state index is 12.9. The molecule has 4 rings (SSSR count). The standard InChI is InChI=1S/C27H27N3O4/c1-19(20-9-3-2-4-10-20)28-27(33)23-13-5-6-14-24(23)29-25(31)18-34-22-12-7-11-21(17-22)30-16-8-15-26(30)32/h2-7,9-14,17,19H,8,15-16,18H2,1H3,(H,28,33)(H,29,31). The lowest BCUT2D eigenvalue weighted by Gasteiger charge is -2.17. The molecule has 34 heavy (non-hydrogen) atoms. The summed E-state index contributed by atoms with van der Waals surface area (Å²) in [6.45, 7) is 2.37. The van der Waals surface area contributed by atoms with Crippen LogP contribution in [0.5, 0.6) is 5.75 Å². The Morgan fingerprint density at radius 3 is 2.53 bits per heavy atom. The van der Waals surface area contributed by atoms with E-state index < -0.39 is 0 Å². The lowest BCUT2D eigenvalue weighted by atomic mass is 10.1. The van der Waals surface area contributed by atoms with Gasteiger partial charge in [0.15, 0.2) is 6.61 Å². The van der Waals surface area contributed by atoms with Gasteiger partial charge in [0.25, 0.3) is 11.8 Å². The lowest BCUT2D eigenvalue weighted by Crippen LogP contribution is -2.28. The third-order valence-corrected chi connectivity index (χ3v) is 5.67. The Kier molecular flexibility index (Phi) is 7.22. The van der Waals surface area contributed by atoms with Gasteiger partial charge in [-0.3, -0.25) is 14.4 Å². The van der Waals surface area contributed by atoms with Gasteiger partial charge in [-0.05, 0) is 43.2 Å². The molecule has 2 N–H and O–H groups in total. The molecule has 1 unspecified atom stereocenters. The summed E-state index contributed by atoms with van der Waals surface area (Å²) in [7, 11) is 0. The van der Waals surface area contributed by atoms with E-state index in [0.717, 1.165) is 17.7 Å². The topological polar surface area (TPSA) is 87.7 Å². The third-order valence-electron chi connectivity index (χ3n) is 5.67. The summed E-state index contributed by atoms with van der Waals surface area (Å²) < 4.78 is 5.65. The second kappa shape index (κ2) is 10.7. The van der Waals surface area contributed by atoms with Crippen molar-refractivity contribution < 1.29 is 19.1 Å². The van der Waals surface area contributed by atoms with E-state index >= 15 is 0 Å². The van der Waals surface area contributed by atoms with Crippen LogP contribution in [-0.2, 0) is 9.59 Å². The molecule has 1 saturated heterocycles. The molecule has 0 radical (unpaired) electrons. The molecule has 3 aromatic rings. The van der Waals surface area contributed by atoms with Gasteiger partial charge in [-0.15, -0.1) is 0 Å². The van der Waals surface area contributed by atoms with Gasteiger partial charge >= 0.3 is 0 Å². The maximum Gasteiger partial charge on any atom is 0.262 e. The Morgan fingerprint density at radius 2 is 1.76 bits per heavy atom. The highest BCUT2D eigenvalue weighted by Crippen LogP contribution is 2.25. The van der Waals surface area contributed by atoms with Crippen molar-refractivity contribution in [3.63, 3.8) is 0 Å². The summed E-state index contributed by atoms with van der Waals surface area (Å²) in [6, 6.07) is 23.5. The second-order valence-corrected chi connectivity index (χ2v) is 8.13. The normalized spacial score (nSPS) is 13.9. The Morgan fingerprint density at radius 1 is 1.00 bits per heavy atom. The molecule has 174 valence electrons. The average Bonchev–Trinajstić information content (AvgIpc) is 3.29. The summed E-state index contributed by atoms with van der Waals surface area (Å²) in [4.78, 5) is 39.1. The van der Waals surface area contributed by atoms with E-state index in [4.69, 9.17) is 4.74 Å². The number of carbonyl (C=O) groups is 3. The molecule has 3 amide bonds. The minimum atomic E-state index is -0.390. The van der Waals surface area contributed by atoms with Crippen molar-refractivity contribution >= 4 is 29.1 Å². The number of rotatable bonds is 8. The highest BCUT2D eigenvalue weighted by atomic mass is 16.5. The molecule has 0 saturated carbocycles. The molecule has 0 aliphatic carbocycles. The number of ether oxygens (including phenoxy) is 1. The van der Waals surface area contributed by atoms with E-state index in [1.54, 1.807) is 47.4 Å². The molecule has 7 heteroatoms. The number of benzene rings is 3. The molecule has 1 aliphatic rings. The molecular weight excluding hydrogens is 430 g/mol. The van der Waals surface area contributed by atoms with Crippen LogP contribution in [0.1, 0.15) is 41.7 Å². The van der Waals surface area contributed by atoms with Crippen molar-refractivity contribution in [1.82, 2.24) is 5.32 Å². The van der Waals surface area contributed by atoms with Gasteiger partial charge in [0.05, 0.1) is 17.3 Å². The van der Waals surface area contributed by atoms with Crippen LogP contribution in [-0.4, -0.2) is 30.9 Å². The number of nitrogens with zero attached hydrogens (tertiary/aromatic N) is 1. The van der Waals surface area contributed by atoms with Crippen molar-refractivity contribution in [2.75, 3.05) is 23.4 Å². The minimum Gasteiger partial charge on any atom is -0.484 e. The van der Waals surface area contributed by atoms with Gasteiger partial charge in [0, 0.05) is 24.7 Å². The van der Waals surface area contributed by atoms with Crippen molar-refractivity contribution in [2.24, 2.45) is 0 Å². The first-order chi connectivity index (χ1) is 16.5. The Hall–Kier alpha value is -4.13. The molecular formula is C27H27N3O4. The van der Waals surface area contributed by atoms with Gasteiger partial charge in [-0.1, -0.05) is 48.5 Å². The van der Waals surface area contributed by atoms with Crippen LogP contribution < -0.4 is 20.3 Å². The largest absolute Gasteiger partial charge is 0.484 e. The van der Waals surface area contributed by atoms with Gasteiger partial charge in [-0.2, -0.15) is 0 Å². The molecule has 7 nitrogen and oxygen atoms in total. The van der Waals surface area contributed by atoms with E-state index in [1.807, 2.05) is 43.3 Å². The van der Waals surface area contributed by atoms with Crippen LogP contribution in [0.25, 0.3) is 0 Å². The third kappa shape index (κ3) is 5.61. The Bertz CT molecular complexity index is 1180. The quantitative estimate of drug-likeness (QED) is 0.527. The fourth-order valence-electron chi connectivity index (χ4n) is 3.89. The van der Waals surface area contributed by atoms with Crippen molar-refractivity contribution in [3.8, 4) is 5.75 Å². The highest BCUT2D eigenvalue weighted by molar-refractivity contribution is 6.04. The highest BCUT2D eigenvalue weighted by Gasteiger charge is 2.22. The molecule has 0 aromatic heterocycles. The van der Waals surface area contributed by atoms with Crippen LogP contribution in [0.15, 0.2) is 78.9 Å². The van der Waals surface area contributed by atoms with Gasteiger partial charge in [0.1, 0.15) is 5.75 Å². The number of anilines is 2. The second-order valence-electron chi connectivity index (χ2n) is 8.13. The van der Waals surface area contributed by atoms with Gasteiger partial charge in [0.2, 0.25) is 5.91 Å². The zero-order valence-corrected chi connectivity index (χ0v) is 19.0. The minimum absolute atomic E-state index is 0.0892. The molecule has 1 atom stereocenters. The maximum absolute atomic E-state index is 12.9. The Balaban J connectivity index is 1.37. The average molecular weight is 458 g/mol. The van der Waals surface area contributed by atoms with Crippen molar-refractivity contribution in [2.45, 2.75) is 25.8 Å². The summed E-state index contributed by atoms with van der Waals surface area (Å²) in [5.41, 5.74) is 2.53. The van der Waals surface area contributed by atoms with Crippen LogP contribution in [0.2, 0.25) is 0 Å². The smallest absolute Gasteiger partial charge is 0.262 e. The molecule has 1 aliphatic heterocycles. The number of nitrogens with one attached hydrogen (secondary N) is 2. The van der Waals surface area contributed by atoms with Crippen LogP contribution in [0.3, 0.4) is 0 Å². The van der Waals surface area contributed by atoms with Crippen LogP contribution in [0, 0.1) is 0 Å². The van der Waals surface area contributed by atoms with Crippen molar-refractivity contribution in [1.29, 1.82) is 0 Å². The van der Waals surface area contributed by atoms with E-state index in [9.17, 15) is 14.4 Å². The summed E-state index contributed by atoms with van der Waals surface area (Å²) in [6.07, 6.45) is 1.38. The van der Waals surface area contributed by atoms with E-state index in [-0.39, 0.29) is 30.4 Å². The predicted octanol–water partition coefficient (Wildman–Crippen LogP) is 4.32. The lowest BCUT2D eigenvalue weighted by molar-refractivity contribution is -0.118. The molecule has 3 aromatic carbocycles. The van der Waals surface area contributed by atoms with Gasteiger partial charge in [-0.25, -0.2) is 0 Å². The molecule has 0 bridgehead atoms. The Labute approximate surface area is 198 Å². The summed E-state index contributed by atoms with van der Waals surface area (Å²) in [5, 5.41) is 5.73. The van der Waals surface area contributed by atoms with Crippen molar-refractivity contribution in [3.05, 3.63) is 90.0 Å². The monoisotopic (exact) mass is 457 g/mol. The van der Waals surface area contributed by atoms with E-state index in [1.165, 1.54) is 0 Å². The number of hydrogen-bond acceptors (Lipinski definition) is 4. The number of amides is 3. The fourth-order valence-corrected chi connectivity index (χ4v) is 3.89. The first-order valence-electron chi connectivity index (χ1n) is 11.3. The van der Waals surface area contributed by atoms with Crippen LogP contribution >= 0.6 is 0 Å². The summed E-state index contributed by atoms with van der Waals surface area (Å²) in [5.74, 6) is -0.0865. The molecule has 1 heterocycles. The molecule has 0 spiro atoms. The van der Waals surface area contributed by atoms with Crippen LogP contribution in [0.4, 0.5) is 11.4 Å². The van der Waals surface area contributed by atoms with E-state index in [2.05, 4.69) is 10.6 Å². The first-order valence-corrected chi connectivity index (χ1v) is 11.3. The summed E-state index contributed by atoms with van der Waals surface area (Å²) >= 11 is 0. The predicted molar refractivity (Wildman–Crippen MR) is 131 cm³/mol. The SMILES string of the molecule is CC(NC(=O)c1ccccc1NC(=O)COc1cccc(N2CCCC2=O)c1)c1ccccc1. The number of para-hydroxylation sites is 1. The number of hydrogen-bond donors (Lipinski definition) is 2. The number of carbonyl (C=O) groups excluding carboxylic acids is 3. The molecule has 1 fully saturated rings.